The number of ether oxygens (including phenoxy) is 3. The Morgan fingerprint density at radius 3 is 1.48 bits per heavy atom. The molecule has 0 bridgehead atoms. The Balaban J connectivity index is 4.11. The molecule has 0 radical (unpaired) electrons. The average molecular weight is 446 g/mol. The second-order valence-corrected chi connectivity index (χ2v) is 10.9. The van der Waals surface area contributed by atoms with Crippen molar-refractivity contribution in [2.75, 3.05) is 13.2 Å². The highest BCUT2D eigenvalue weighted by Crippen LogP contribution is 2.14. The summed E-state index contributed by atoms with van der Waals surface area (Å²) in [6, 6.07) is 0. The largest absolute Gasteiger partial charge is 0.449 e. The molecule has 0 aromatic carbocycles. The Kier molecular flexibility index (Phi) is 10.6. The highest BCUT2D eigenvalue weighted by molar-refractivity contribution is 5.69. The lowest BCUT2D eigenvalue weighted by atomic mass is 9.99. The van der Waals surface area contributed by atoms with Gasteiger partial charge in [0.25, 0.3) is 0 Å². The molecule has 182 valence electrons. The van der Waals surface area contributed by atoms with Crippen LogP contribution in [-0.4, -0.2) is 53.7 Å². The fourth-order valence-corrected chi connectivity index (χ4v) is 2.46. The molecule has 0 aliphatic rings. The van der Waals surface area contributed by atoms with Crippen LogP contribution in [0.5, 0.6) is 0 Å². The highest BCUT2D eigenvalue weighted by atomic mass is 16.6. The van der Waals surface area contributed by atoms with Crippen LogP contribution < -0.4 is 16.0 Å². The maximum absolute atomic E-state index is 11.9. The molecule has 0 fully saturated rings. The van der Waals surface area contributed by atoms with Crippen LogP contribution in [0.15, 0.2) is 0 Å². The summed E-state index contributed by atoms with van der Waals surface area (Å²) >= 11 is 0. The minimum Gasteiger partial charge on any atom is -0.449 e. The van der Waals surface area contributed by atoms with Gasteiger partial charge >= 0.3 is 18.3 Å². The Bertz CT molecular complexity index is 603. The predicted molar refractivity (Wildman–Crippen MR) is 120 cm³/mol. The van der Waals surface area contributed by atoms with Crippen molar-refractivity contribution >= 4 is 18.3 Å². The number of hydrogen-bond acceptors (Lipinski definition) is 6. The van der Waals surface area contributed by atoms with Gasteiger partial charge in [-0.05, 0) is 82.1 Å². The first-order valence-electron chi connectivity index (χ1n) is 10.7. The van der Waals surface area contributed by atoms with Crippen LogP contribution in [0.3, 0.4) is 0 Å². The molecule has 0 atom stereocenters. The SMILES string of the molecule is CC(C)(CCCNC(=O)OCCC(C)(C)NC(=O)OC(C)(C)C)NC(=O)OC(C)(C)C. The molecule has 0 heterocycles. The number of rotatable bonds is 9. The van der Waals surface area contributed by atoms with E-state index in [2.05, 4.69) is 16.0 Å². The van der Waals surface area contributed by atoms with E-state index in [1.54, 1.807) is 20.8 Å². The van der Waals surface area contributed by atoms with E-state index in [-0.39, 0.29) is 6.61 Å². The van der Waals surface area contributed by atoms with Gasteiger partial charge in [-0.3, -0.25) is 0 Å². The third-order valence-corrected chi connectivity index (χ3v) is 3.89. The van der Waals surface area contributed by atoms with Crippen LogP contribution in [0.25, 0.3) is 0 Å². The molecule has 3 amide bonds. The van der Waals surface area contributed by atoms with Crippen LogP contribution in [0.2, 0.25) is 0 Å². The van der Waals surface area contributed by atoms with Crippen molar-refractivity contribution in [3.05, 3.63) is 0 Å². The summed E-state index contributed by atoms with van der Waals surface area (Å²) in [5, 5.41) is 8.29. The lowest BCUT2D eigenvalue weighted by molar-refractivity contribution is 0.0444. The van der Waals surface area contributed by atoms with Gasteiger partial charge in [0.15, 0.2) is 0 Å². The molecule has 0 aromatic heterocycles. The molecule has 0 aromatic rings. The fourth-order valence-electron chi connectivity index (χ4n) is 2.46. The van der Waals surface area contributed by atoms with Crippen molar-refractivity contribution in [2.24, 2.45) is 0 Å². The first-order chi connectivity index (χ1) is 13.8. The van der Waals surface area contributed by atoms with E-state index in [0.29, 0.717) is 25.8 Å². The minimum absolute atomic E-state index is 0.153. The number of amides is 3. The molecule has 0 saturated carbocycles. The van der Waals surface area contributed by atoms with Gasteiger partial charge in [-0.15, -0.1) is 0 Å². The number of carbonyl (C=O) groups is 3. The Morgan fingerprint density at radius 1 is 0.645 bits per heavy atom. The highest BCUT2D eigenvalue weighted by Gasteiger charge is 2.26. The van der Waals surface area contributed by atoms with Gasteiger partial charge in [0.1, 0.15) is 11.2 Å². The smallest absolute Gasteiger partial charge is 0.408 e. The molecule has 0 rings (SSSR count). The van der Waals surface area contributed by atoms with Crippen molar-refractivity contribution in [2.45, 2.75) is 111 Å². The van der Waals surface area contributed by atoms with Gasteiger partial charge in [-0.1, -0.05) is 0 Å². The molecule has 3 N–H and O–H groups in total. The third-order valence-electron chi connectivity index (χ3n) is 3.89. The average Bonchev–Trinajstić information content (AvgIpc) is 2.46. The first kappa shape index (κ1) is 28.8. The quantitative estimate of drug-likeness (QED) is 0.356. The number of carbonyl (C=O) groups excluding carboxylic acids is 3. The summed E-state index contributed by atoms with van der Waals surface area (Å²) in [5.74, 6) is 0. The molecular weight excluding hydrogens is 402 g/mol. The van der Waals surface area contributed by atoms with Crippen molar-refractivity contribution < 1.29 is 28.6 Å². The topological polar surface area (TPSA) is 115 Å². The van der Waals surface area contributed by atoms with Gasteiger partial charge in [-0.25, -0.2) is 14.4 Å². The fraction of sp³-hybridized carbons (Fsp3) is 0.864. The lowest BCUT2D eigenvalue weighted by Gasteiger charge is -2.29. The monoisotopic (exact) mass is 445 g/mol. The number of alkyl carbamates (subject to hydrolysis) is 3. The Morgan fingerprint density at radius 2 is 1.06 bits per heavy atom. The maximum Gasteiger partial charge on any atom is 0.408 e. The zero-order chi connectivity index (χ0) is 24.5. The molecule has 9 heteroatoms. The van der Waals surface area contributed by atoms with Gasteiger partial charge in [-0.2, -0.15) is 0 Å². The molecule has 0 unspecified atom stereocenters. The first-order valence-corrected chi connectivity index (χ1v) is 10.7. The van der Waals surface area contributed by atoms with Crippen LogP contribution in [0.1, 0.15) is 88.5 Å². The number of nitrogens with one attached hydrogen (secondary N) is 3. The van der Waals surface area contributed by atoms with Gasteiger partial charge in [0.05, 0.1) is 6.61 Å². The molecule has 0 spiro atoms. The van der Waals surface area contributed by atoms with Crippen LogP contribution >= 0.6 is 0 Å². The minimum atomic E-state index is -0.583. The van der Waals surface area contributed by atoms with Gasteiger partial charge < -0.3 is 30.2 Å². The standard InChI is InChI=1S/C22H43N3O6/c1-19(2,3)30-17(27)24-21(7,8)12-11-14-23-16(26)29-15-13-22(9,10)25-18(28)31-20(4,5)6/h11-15H2,1-10H3,(H,23,26)(H,24,27)(H,25,28). The summed E-state index contributed by atoms with van der Waals surface area (Å²) in [4.78, 5) is 35.6. The summed E-state index contributed by atoms with van der Waals surface area (Å²) < 4.78 is 15.7. The summed E-state index contributed by atoms with van der Waals surface area (Å²) in [6.45, 7) is 18.8. The van der Waals surface area contributed by atoms with Gasteiger partial charge in [0.2, 0.25) is 0 Å². The van der Waals surface area contributed by atoms with Crippen molar-refractivity contribution in [1.29, 1.82) is 0 Å². The number of hydrogen-bond donors (Lipinski definition) is 3. The second kappa shape index (κ2) is 11.4. The summed E-state index contributed by atoms with van der Waals surface area (Å²) in [7, 11) is 0. The zero-order valence-electron chi connectivity index (χ0n) is 21.0. The zero-order valence-corrected chi connectivity index (χ0v) is 21.0. The molecule has 0 saturated heterocycles. The van der Waals surface area contributed by atoms with Crippen LogP contribution in [0.4, 0.5) is 14.4 Å². The van der Waals surface area contributed by atoms with Crippen molar-refractivity contribution in [3.8, 4) is 0 Å². The van der Waals surface area contributed by atoms with Gasteiger partial charge in [0, 0.05) is 24.0 Å². The van der Waals surface area contributed by atoms with E-state index < -0.39 is 40.6 Å². The normalized spacial score (nSPS) is 12.6. The molecular formula is C22H43N3O6. The van der Waals surface area contributed by atoms with E-state index in [1.165, 1.54) is 0 Å². The Hall–Kier alpha value is -2.19. The lowest BCUT2D eigenvalue weighted by Crippen LogP contribution is -2.46. The van der Waals surface area contributed by atoms with E-state index >= 15 is 0 Å². The Labute approximate surface area is 187 Å². The molecule has 9 nitrogen and oxygen atoms in total. The van der Waals surface area contributed by atoms with Crippen molar-refractivity contribution in [3.63, 3.8) is 0 Å². The van der Waals surface area contributed by atoms with Crippen LogP contribution in [-0.2, 0) is 14.2 Å². The van der Waals surface area contributed by atoms with E-state index in [0.717, 1.165) is 0 Å². The van der Waals surface area contributed by atoms with E-state index in [4.69, 9.17) is 14.2 Å². The molecule has 0 aliphatic carbocycles. The summed E-state index contributed by atoms with van der Waals surface area (Å²) in [6.07, 6.45) is 0.248. The van der Waals surface area contributed by atoms with E-state index in [1.807, 2.05) is 48.5 Å². The third kappa shape index (κ3) is 17.2. The van der Waals surface area contributed by atoms with Crippen molar-refractivity contribution in [1.82, 2.24) is 16.0 Å². The van der Waals surface area contributed by atoms with E-state index in [9.17, 15) is 14.4 Å². The molecule has 31 heavy (non-hydrogen) atoms. The predicted octanol–water partition coefficient (Wildman–Crippen LogP) is 4.49. The second-order valence-electron chi connectivity index (χ2n) is 10.9. The van der Waals surface area contributed by atoms with Crippen LogP contribution in [0, 0.1) is 0 Å². The molecule has 0 aliphatic heterocycles. The summed E-state index contributed by atoms with van der Waals surface area (Å²) in [5.41, 5.74) is -2.18. The maximum atomic E-state index is 11.9.